The van der Waals surface area contributed by atoms with Crippen LogP contribution in [0.4, 0.5) is 0 Å². The molecule has 1 atom stereocenters. The van der Waals surface area contributed by atoms with Crippen LogP contribution in [0.5, 0.6) is 0 Å². The van der Waals surface area contributed by atoms with E-state index in [-0.39, 0.29) is 17.4 Å². The fraction of sp³-hybridized carbons (Fsp3) is 0.909. The topological polar surface area (TPSA) is 75.3 Å². The molecule has 0 aromatic rings. The Labute approximate surface area is 103 Å². The van der Waals surface area contributed by atoms with E-state index < -0.39 is 20.9 Å². The number of carbonyl (C=O) groups excluding carboxylic acids is 1. The van der Waals surface area contributed by atoms with Gasteiger partial charge in [0.25, 0.3) is 0 Å². The second-order valence-corrected chi connectivity index (χ2v) is 7.70. The molecule has 5 nitrogen and oxygen atoms in total. The van der Waals surface area contributed by atoms with E-state index in [1.807, 2.05) is 6.92 Å². The third-order valence-electron chi connectivity index (χ3n) is 3.11. The summed E-state index contributed by atoms with van der Waals surface area (Å²) < 4.78 is 22.9. The van der Waals surface area contributed by atoms with Gasteiger partial charge < -0.3 is 10.6 Å². The average Bonchev–Trinajstić information content (AvgIpc) is 2.40. The molecular formula is C11H22N2O3S. The molecule has 0 aliphatic carbocycles. The smallest absolute Gasteiger partial charge is 0.240 e. The van der Waals surface area contributed by atoms with Crippen LogP contribution in [-0.4, -0.2) is 43.5 Å². The van der Waals surface area contributed by atoms with E-state index in [9.17, 15) is 13.2 Å². The van der Waals surface area contributed by atoms with E-state index in [2.05, 4.69) is 10.6 Å². The van der Waals surface area contributed by atoms with Gasteiger partial charge >= 0.3 is 0 Å². The standard InChI is InChI=1S/C11H22N2O3S/c1-5-12-10(2,3)9(14)13-11(4)6-7-17(15,16)8-11/h12H,5-8H2,1-4H3,(H,13,14). The van der Waals surface area contributed by atoms with Crippen molar-refractivity contribution in [2.75, 3.05) is 18.1 Å². The van der Waals surface area contributed by atoms with E-state index in [0.717, 1.165) is 0 Å². The predicted molar refractivity (Wildman–Crippen MR) is 67.6 cm³/mol. The lowest BCUT2D eigenvalue weighted by molar-refractivity contribution is -0.128. The van der Waals surface area contributed by atoms with Crippen molar-refractivity contribution in [2.45, 2.75) is 45.2 Å². The number of likely N-dealkylation sites (N-methyl/N-ethyl adjacent to an activating group) is 1. The van der Waals surface area contributed by atoms with Gasteiger partial charge in [0.1, 0.15) is 0 Å². The largest absolute Gasteiger partial charge is 0.348 e. The van der Waals surface area contributed by atoms with Crippen molar-refractivity contribution in [3.8, 4) is 0 Å². The van der Waals surface area contributed by atoms with Crippen molar-refractivity contribution in [3.63, 3.8) is 0 Å². The average molecular weight is 262 g/mol. The lowest BCUT2D eigenvalue weighted by Crippen LogP contribution is -2.58. The molecule has 1 aliphatic heterocycles. The molecule has 17 heavy (non-hydrogen) atoms. The minimum atomic E-state index is -2.99. The van der Waals surface area contributed by atoms with Crippen molar-refractivity contribution in [2.24, 2.45) is 0 Å². The summed E-state index contributed by atoms with van der Waals surface area (Å²) in [5.74, 6) is 0.0401. The Morgan fingerprint density at radius 3 is 2.41 bits per heavy atom. The van der Waals surface area contributed by atoms with Crippen molar-refractivity contribution in [1.82, 2.24) is 10.6 Å². The van der Waals surface area contributed by atoms with Crippen LogP contribution in [0.3, 0.4) is 0 Å². The highest BCUT2D eigenvalue weighted by Crippen LogP contribution is 2.23. The molecule has 1 unspecified atom stereocenters. The SMILES string of the molecule is CCNC(C)(C)C(=O)NC1(C)CCS(=O)(=O)C1. The first kappa shape index (κ1) is 14.4. The van der Waals surface area contributed by atoms with E-state index >= 15 is 0 Å². The number of hydrogen-bond donors (Lipinski definition) is 2. The lowest BCUT2D eigenvalue weighted by Gasteiger charge is -2.31. The van der Waals surface area contributed by atoms with Crippen LogP contribution >= 0.6 is 0 Å². The molecule has 0 aromatic carbocycles. The third-order valence-corrected chi connectivity index (χ3v) is 5.01. The fourth-order valence-electron chi connectivity index (χ4n) is 2.06. The van der Waals surface area contributed by atoms with Gasteiger partial charge in [-0.25, -0.2) is 8.42 Å². The Morgan fingerprint density at radius 2 is 2.00 bits per heavy atom. The molecule has 1 fully saturated rings. The minimum absolute atomic E-state index is 0.0357. The molecule has 0 saturated carbocycles. The highest BCUT2D eigenvalue weighted by molar-refractivity contribution is 7.91. The number of nitrogens with one attached hydrogen (secondary N) is 2. The molecule has 0 spiro atoms. The normalized spacial score (nSPS) is 28.0. The van der Waals surface area contributed by atoms with Gasteiger partial charge in [-0.1, -0.05) is 6.92 Å². The summed E-state index contributed by atoms with van der Waals surface area (Å²) in [5.41, 5.74) is -1.30. The summed E-state index contributed by atoms with van der Waals surface area (Å²) in [6, 6.07) is 0. The summed E-state index contributed by atoms with van der Waals surface area (Å²) >= 11 is 0. The van der Waals surface area contributed by atoms with Crippen molar-refractivity contribution >= 4 is 15.7 Å². The molecule has 2 N–H and O–H groups in total. The summed E-state index contributed by atoms with van der Waals surface area (Å²) in [4.78, 5) is 12.1. The van der Waals surface area contributed by atoms with Crippen LogP contribution in [0.1, 0.15) is 34.1 Å². The molecular weight excluding hydrogens is 240 g/mol. The van der Waals surface area contributed by atoms with Crippen LogP contribution in [0.25, 0.3) is 0 Å². The fourth-order valence-corrected chi connectivity index (χ4v) is 4.15. The summed E-state index contributed by atoms with van der Waals surface area (Å²) in [6.45, 7) is 7.99. The van der Waals surface area contributed by atoms with Crippen molar-refractivity contribution < 1.29 is 13.2 Å². The summed E-state index contributed by atoms with van der Waals surface area (Å²) in [5, 5.41) is 5.93. The maximum absolute atomic E-state index is 12.1. The van der Waals surface area contributed by atoms with Crippen LogP contribution in [0, 0.1) is 0 Å². The van der Waals surface area contributed by atoms with Crippen LogP contribution < -0.4 is 10.6 Å². The van der Waals surface area contributed by atoms with Gasteiger partial charge in [-0.05, 0) is 33.7 Å². The van der Waals surface area contributed by atoms with Crippen molar-refractivity contribution in [1.29, 1.82) is 0 Å². The van der Waals surface area contributed by atoms with Crippen molar-refractivity contribution in [3.05, 3.63) is 0 Å². The molecule has 1 heterocycles. The Kier molecular flexibility index (Phi) is 3.88. The molecule has 1 aliphatic rings. The number of sulfone groups is 1. The summed E-state index contributed by atoms with van der Waals surface area (Å²) in [6.07, 6.45) is 0.489. The van der Waals surface area contributed by atoms with Gasteiger partial charge in [0.05, 0.1) is 22.6 Å². The number of rotatable bonds is 4. The van der Waals surface area contributed by atoms with E-state index in [4.69, 9.17) is 0 Å². The first-order chi connectivity index (χ1) is 7.60. The first-order valence-corrected chi connectivity index (χ1v) is 7.70. The Morgan fingerprint density at radius 1 is 1.41 bits per heavy atom. The van der Waals surface area contributed by atoms with E-state index in [1.165, 1.54) is 0 Å². The first-order valence-electron chi connectivity index (χ1n) is 5.88. The Balaban J connectivity index is 2.70. The van der Waals surface area contributed by atoms with Gasteiger partial charge in [0.15, 0.2) is 9.84 Å². The number of amides is 1. The molecule has 0 radical (unpaired) electrons. The molecule has 0 aromatic heterocycles. The minimum Gasteiger partial charge on any atom is -0.348 e. The monoisotopic (exact) mass is 262 g/mol. The van der Waals surface area contributed by atoms with E-state index in [0.29, 0.717) is 13.0 Å². The van der Waals surface area contributed by atoms with E-state index in [1.54, 1.807) is 20.8 Å². The van der Waals surface area contributed by atoms with Gasteiger partial charge in [0, 0.05) is 0 Å². The zero-order valence-corrected chi connectivity index (χ0v) is 11.8. The second-order valence-electron chi connectivity index (χ2n) is 5.51. The number of carbonyl (C=O) groups is 1. The molecule has 0 bridgehead atoms. The van der Waals surface area contributed by atoms with Gasteiger partial charge in [-0.3, -0.25) is 4.79 Å². The van der Waals surface area contributed by atoms with Gasteiger partial charge in [-0.15, -0.1) is 0 Å². The zero-order valence-electron chi connectivity index (χ0n) is 11.0. The number of hydrogen-bond acceptors (Lipinski definition) is 4. The van der Waals surface area contributed by atoms with Crippen LogP contribution in [-0.2, 0) is 14.6 Å². The molecule has 1 amide bonds. The molecule has 1 saturated heterocycles. The highest BCUT2D eigenvalue weighted by atomic mass is 32.2. The van der Waals surface area contributed by atoms with Gasteiger partial charge in [-0.2, -0.15) is 0 Å². The highest BCUT2D eigenvalue weighted by Gasteiger charge is 2.41. The Hall–Kier alpha value is -0.620. The maximum Gasteiger partial charge on any atom is 0.240 e. The second kappa shape index (κ2) is 4.57. The lowest BCUT2D eigenvalue weighted by atomic mass is 9.98. The predicted octanol–water partition coefficient (Wildman–Crippen LogP) is 0.0679. The van der Waals surface area contributed by atoms with Crippen LogP contribution in [0.2, 0.25) is 0 Å². The molecule has 6 heteroatoms. The quantitative estimate of drug-likeness (QED) is 0.752. The Bertz CT molecular complexity index is 403. The summed E-state index contributed by atoms with van der Waals surface area (Å²) in [7, 11) is -2.99. The van der Waals surface area contributed by atoms with Gasteiger partial charge in [0.2, 0.25) is 5.91 Å². The van der Waals surface area contributed by atoms with Crippen LogP contribution in [0.15, 0.2) is 0 Å². The maximum atomic E-state index is 12.1. The molecule has 1 rings (SSSR count). The third kappa shape index (κ3) is 3.67. The zero-order chi connectivity index (χ0) is 13.3. The molecule has 100 valence electrons.